The van der Waals surface area contributed by atoms with Gasteiger partial charge in [-0.3, -0.25) is 9.79 Å². The highest BCUT2D eigenvalue weighted by Crippen LogP contribution is 2.24. The molecular weight excluding hydrogens is 308 g/mol. The Morgan fingerprint density at radius 3 is 2.70 bits per heavy atom. The van der Waals surface area contributed by atoms with Crippen LogP contribution in [0.4, 0.5) is 0 Å². The molecule has 2 N–H and O–H groups in total. The molecule has 1 rings (SSSR count). The van der Waals surface area contributed by atoms with Gasteiger partial charge >= 0.3 is 0 Å². The molecule has 6 heteroatoms. The molecular formula is C17H34N4OS. The van der Waals surface area contributed by atoms with Crippen LogP contribution in [-0.4, -0.2) is 60.0 Å². The Balaban J connectivity index is 2.54. The second kappa shape index (κ2) is 10.8. The first-order valence-electron chi connectivity index (χ1n) is 8.92. The molecule has 23 heavy (non-hydrogen) atoms. The number of nitrogens with one attached hydrogen (secondary N) is 2. The van der Waals surface area contributed by atoms with Crippen LogP contribution in [0.3, 0.4) is 0 Å². The van der Waals surface area contributed by atoms with E-state index < -0.39 is 0 Å². The molecule has 2 unspecified atom stereocenters. The summed E-state index contributed by atoms with van der Waals surface area (Å²) in [6, 6.07) is 0.241. The third-order valence-electron chi connectivity index (χ3n) is 4.09. The topological polar surface area (TPSA) is 56.7 Å². The number of thioether (sulfide) groups is 1. The Morgan fingerprint density at radius 2 is 2.09 bits per heavy atom. The smallest absolute Gasteiger partial charge is 0.222 e. The molecule has 0 aromatic rings. The first-order valence-corrected chi connectivity index (χ1v) is 9.97. The second-order valence-electron chi connectivity index (χ2n) is 6.46. The molecule has 0 bridgehead atoms. The molecule has 0 radical (unpaired) electrons. The molecule has 1 saturated heterocycles. The number of rotatable bonds is 7. The third-order valence-corrected chi connectivity index (χ3v) is 5.63. The lowest BCUT2D eigenvalue weighted by molar-refractivity contribution is -0.121. The molecule has 2 atom stereocenters. The van der Waals surface area contributed by atoms with Gasteiger partial charge in [0.2, 0.25) is 5.91 Å². The van der Waals surface area contributed by atoms with Crippen molar-refractivity contribution in [2.45, 2.75) is 58.8 Å². The molecule has 1 heterocycles. The highest BCUT2D eigenvalue weighted by Gasteiger charge is 2.24. The van der Waals surface area contributed by atoms with Gasteiger partial charge in [-0.2, -0.15) is 11.8 Å². The number of hydrogen-bond donors (Lipinski definition) is 2. The van der Waals surface area contributed by atoms with Gasteiger partial charge in [0.05, 0.1) is 6.54 Å². The molecule has 0 aromatic carbocycles. The van der Waals surface area contributed by atoms with Crippen molar-refractivity contribution in [2.24, 2.45) is 10.9 Å². The number of hydrogen-bond acceptors (Lipinski definition) is 3. The maximum Gasteiger partial charge on any atom is 0.222 e. The van der Waals surface area contributed by atoms with Crippen LogP contribution in [0.2, 0.25) is 0 Å². The minimum Gasteiger partial charge on any atom is -0.357 e. The third kappa shape index (κ3) is 7.46. The van der Waals surface area contributed by atoms with Crippen molar-refractivity contribution in [3.05, 3.63) is 0 Å². The number of nitrogens with zero attached hydrogens (tertiary/aromatic N) is 2. The number of aliphatic imine (C=N–C) groups is 1. The van der Waals surface area contributed by atoms with E-state index in [2.05, 4.69) is 60.0 Å². The van der Waals surface area contributed by atoms with E-state index in [1.54, 1.807) is 0 Å². The van der Waals surface area contributed by atoms with Crippen molar-refractivity contribution < 1.29 is 4.79 Å². The highest BCUT2D eigenvalue weighted by molar-refractivity contribution is 8.00. The molecule has 0 aliphatic carbocycles. The Kier molecular flexibility index (Phi) is 9.44. The van der Waals surface area contributed by atoms with Gasteiger partial charge in [0.15, 0.2) is 5.96 Å². The average molecular weight is 343 g/mol. The lowest BCUT2D eigenvalue weighted by Gasteiger charge is -2.36. The number of carbonyl (C=O) groups excluding carboxylic acids is 1. The summed E-state index contributed by atoms with van der Waals surface area (Å²) in [4.78, 5) is 18.9. The number of amides is 1. The van der Waals surface area contributed by atoms with E-state index in [9.17, 15) is 4.79 Å². The van der Waals surface area contributed by atoms with Crippen molar-refractivity contribution in [1.82, 2.24) is 15.5 Å². The zero-order chi connectivity index (χ0) is 17.2. The normalized spacial score (nSPS) is 20.5. The lowest BCUT2D eigenvalue weighted by Crippen LogP contribution is -2.49. The van der Waals surface area contributed by atoms with Gasteiger partial charge in [-0.05, 0) is 26.2 Å². The Morgan fingerprint density at radius 1 is 1.35 bits per heavy atom. The van der Waals surface area contributed by atoms with Crippen molar-refractivity contribution in [2.75, 3.05) is 31.9 Å². The summed E-state index contributed by atoms with van der Waals surface area (Å²) < 4.78 is 0. The highest BCUT2D eigenvalue weighted by atomic mass is 32.2. The quantitative estimate of drug-likeness (QED) is 0.551. The van der Waals surface area contributed by atoms with Gasteiger partial charge < -0.3 is 15.5 Å². The summed E-state index contributed by atoms with van der Waals surface area (Å²) in [5, 5.41) is 7.02. The molecule has 1 amide bonds. The summed E-state index contributed by atoms with van der Waals surface area (Å²) in [6.07, 6.45) is 1.41. The summed E-state index contributed by atoms with van der Waals surface area (Å²) in [5.74, 6) is 2.86. The van der Waals surface area contributed by atoms with Gasteiger partial charge in [-0.15, -0.1) is 0 Å². The molecule has 1 aliphatic rings. The van der Waals surface area contributed by atoms with Crippen LogP contribution in [0, 0.1) is 5.92 Å². The summed E-state index contributed by atoms with van der Waals surface area (Å²) in [7, 11) is 0. The van der Waals surface area contributed by atoms with Crippen LogP contribution in [0.25, 0.3) is 0 Å². The van der Waals surface area contributed by atoms with E-state index in [0.717, 1.165) is 37.8 Å². The van der Waals surface area contributed by atoms with E-state index in [1.807, 2.05) is 6.92 Å². The molecule has 0 spiro atoms. The number of carbonyl (C=O) groups is 1. The van der Waals surface area contributed by atoms with E-state index in [-0.39, 0.29) is 11.9 Å². The maximum atomic E-state index is 11.9. The van der Waals surface area contributed by atoms with Crippen LogP contribution < -0.4 is 10.6 Å². The summed E-state index contributed by atoms with van der Waals surface area (Å²) in [5.41, 5.74) is 0. The van der Waals surface area contributed by atoms with Crippen molar-refractivity contribution in [3.63, 3.8) is 0 Å². The average Bonchev–Trinajstić information content (AvgIpc) is 2.54. The molecule has 5 nitrogen and oxygen atoms in total. The van der Waals surface area contributed by atoms with Crippen LogP contribution in [0.1, 0.15) is 47.5 Å². The van der Waals surface area contributed by atoms with Gasteiger partial charge in [0, 0.05) is 43.1 Å². The van der Waals surface area contributed by atoms with Crippen LogP contribution in [0.5, 0.6) is 0 Å². The van der Waals surface area contributed by atoms with Gasteiger partial charge in [-0.1, -0.05) is 20.8 Å². The van der Waals surface area contributed by atoms with E-state index in [4.69, 9.17) is 0 Å². The summed E-state index contributed by atoms with van der Waals surface area (Å²) in [6.45, 7) is 14.2. The summed E-state index contributed by atoms with van der Waals surface area (Å²) >= 11 is 2.06. The Labute approximate surface area is 146 Å². The first kappa shape index (κ1) is 20.1. The van der Waals surface area contributed by atoms with Crippen molar-refractivity contribution >= 4 is 23.6 Å². The zero-order valence-corrected chi connectivity index (χ0v) is 16.2. The fourth-order valence-corrected chi connectivity index (χ4v) is 3.71. The zero-order valence-electron chi connectivity index (χ0n) is 15.4. The maximum absolute atomic E-state index is 11.9. The molecule has 134 valence electrons. The lowest BCUT2D eigenvalue weighted by atomic mass is 10.1. The molecule has 0 aromatic heterocycles. The molecule has 1 fully saturated rings. The van der Waals surface area contributed by atoms with Crippen LogP contribution >= 0.6 is 11.8 Å². The Bertz CT molecular complexity index is 387. The SMILES string of the molecule is CCNC(=NCCC(=O)NC(C)CC)N1CCSC(C(C)C)C1. The van der Waals surface area contributed by atoms with Crippen LogP contribution in [0.15, 0.2) is 4.99 Å². The van der Waals surface area contributed by atoms with Crippen LogP contribution in [-0.2, 0) is 4.79 Å². The predicted molar refractivity (Wildman–Crippen MR) is 101 cm³/mol. The minimum absolute atomic E-state index is 0.0909. The van der Waals surface area contributed by atoms with Gasteiger partial charge in [0.1, 0.15) is 0 Å². The first-order chi connectivity index (χ1) is 11.0. The standard InChI is InChI=1S/C17H34N4OS/c1-6-14(5)20-16(22)8-9-19-17(18-7-2)21-10-11-23-15(12-21)13(3)4/h13-15H,6-12H2,1-5H3,(H,18,19)(H,20,22). The fraction of sp³-hybridized carbons (Fsp3) is 0.882. The second-order valence-corrected chi connectivity index (χ2v) is 7.81. The van der Waals surface area contributed by atoms with Crippen molar-refractivity contribution in [1.29, 1.82) is 0 Å². The van der Waals surface area contributed by atoms with Gasteiger partial charge in [0.25, 0.3) is 0 Å². The minimum atomic E-state index is 0.0909. The van der Waals surface area contributed by atoms with E-state index >= 15 is 0 Å². The largest absolute Gasteiger partial charge is 0.357 e. The van der Waals surface area contributed by atoms with E-state index in [1.165, 1.54) is 0 Å². The fourth-order valence-electron chi connectivity index (χ4n) is 2.41. The van der Waals surface area contributed by atoms with Crippen molar-refractivity contribution in [3.8, 4) is 0 Å². The number of guanidine groups is 1. The predicted octanol–water partition coefficient (Wildman–Crippen LogP) is 2.33. The molecule has 1 aliphatic heterocycles. The van der Waals surface area contributed by atoms with Gasteiger partial charge in [-0.25, -0.2) is 0 Å². The van der Waals surface area contributed by atoms with E-state index in [0.29, 0.717) is 24.1 Å². The monoisotopic (exact) mass is 342 g/mol. The molecule has 0 saturated carbocycles. The Hall–Kier alpha value is -0.910.